The Morgan fingerprint density at radius 3 is 2.41 bits per heavy atom. The number of carbonyl (C=O) groups is 2. The van der Waals surface area contributed by atoms with Gasteiger partial charge in [-0.2, -0.15) is 0 Å². The van der Waals surface area contributed by atoms with Gasteiger partial charge in [-0.15, -0.1) is 0 Å². The second-order valence-electron chi connectivity index (χ2n) is 6.81. The zero-order chi connectivity index (χ0) is 20.5. The lowest BCUT2D eigenvalue weighted by Gasteiger charge is -2.17. The highest BCUT2D eigenvalue weighted by Gasteiger charge is 2.17. The van der Waals surface area contributed by atoms with Gasteiger partial charge in [-0.05, 0) is 30.5 Å². The molecule has 148 valence electrons. The maximum absolute atomic E-state index is 12.4. The molecule has 6 nitrogen and oxygen atoms in total. The van der Waals surface area contributed by atoms with Crippen molar-refractivity contribution in [1.29, 1.82) is 0 Å². The normalized spacial score (nSPS) is 11.9. The number of hydrogen-bond acceptors (Lipinski definition) is 3. The maximum atomic E-state index is 12.4. The zero-order valence-electron chi connectivity index (χ0n) is 16.3. The minimum Gasteiger partial charge on any atom is -0.349 e. The van der Waals surface area contributed by atoms with Crippen molar-refractivity contribution in [2.45, 2.75) is 25.8 Å². The lowest BCUT2D eigenvalue weighted by Crippen LogP contribution is -2.38. The van der Waals surface area contributed by atoms with Gasteiger partial charge < -0.3 is 10.3 Å². The van der Waals surface area contributed by atoms with Crippen LogP contribution in [0.25, 0.3) is 6.08 Å². The third-order valence-electron chi connectivity index (χ3n) is 4.29. The van der Waals surface area contributed by atoms with Gasteiger partial charge in [-0.3, -0.25) is 14.9 Å². The molecule has 29 heavy (non-hydrogen) atoms. The summed E-state index contributed by atoms with van der Waals surface area (Å²) in [5.41, 5.74) is 2.85. The number of anilines is 1. The van der Waals surface area contributed by atoms with E-state index in [9.17, 15) is 9.59 Å². The van der Waals surface area contributed by atoms with Crippen LogP contribution in [0.15, 0.2) is 72.9 Å². The quantitative estimate of drug-likeness (QED) is 0.516. The fourth-order valence-electron chi connectivity index (χ4n) is 2.94. The summed E-state index contributed by atoms with van der Waals surface area (Å²) in [7, 11) is 0. The molecule has 0 saturated carbocycles. The molecule has 0 unspecified atom stereocenters. The Kier molecular flexibility index (Phi) is 6.95. The minimum absolute atomic E-state index is 0.138. The van der Waals surface area contributed by atoms with Gasteiger partial charge in [0.15, 0.2) is 0 Å². The Morgan fingerprint density at radius 2 is 1.76 bits per heavy atom. The Morgan fingerprint density at radius 1 is 1.07 bits per heavy atom. The summed E-state index contributed by atoms with van der Waals surface area (Å²) < 4.78 is 0. The van der Waals surface area contributed by atoms with Crippen LogP contribution in [-0.2, 0) is 16.0 Å². The monoisotopic (exact) mass is 388 g/mol. The van der Waals surface area contributed by atoms with E-state index >= 15 is 0 Å². The number of benzene rings is 2. The van der Waals surface area contributed by atoms with E-state index in [2.05, 4.69) is 20.6 Å². The van der Waals surface area contributed by atoms with Crippen molar-refractivity contribution in [2.75, 3.05) is 5.32 Å². The Balaban J connectivity index is 1.64. The van der Waals surface area contributed by atoms with Crippen molar-refractivity contribution in [3.63, 3.8) is 0 Å². The molecular weight excluding hydrogens is 364 g/mol. The number of hydrogen-bond donors (Lipinski definition) is 3. The number of H-pyrrole nitrogens is 1. The van der Waals surface area contributed by atoms with E-state index in [1.54, 1.807) is 12.3 Å². The molecule has 6 heteroatoms. The van der Waals surface area contributed by atoms with E-state index in [0.717, 1.165) is 16.8 Å². The maximum Gasteiger partial charge on any atom is 0.244 e. The van der Waals surface area contributed by atoms with E-state index in [0.29, 0.717) is 12.4 Å². The van der Waals surface area contributed by atoms with Crippen LogP contribution in [0.4, 0.5) is 5.95 Å². The predicted octanol–water partition coefficient (Wildman–Crippen LogP) is 3.49. The van der Waals surface area contributed by atoms with Gasteiger partial charge in [0.05, 0.1) is 0 Å². The van der Waals surface area contributed by atoms with Crippen molar-refractivity contribution in [2.24, 2.45) is 0 Å². The third-order valence-corrected chi connectivity index (χ3v) is 4.29. The molecule has 3 rings (SSSR count). The number of imidazole rings is 1. The van der Waals surface area contributed by atoms with Crippen molar-refractivity contribution < 1.29 is 9.59 Å². The molecule has 1 atom stereocenters. The molecule has 1 aromatic heterocycles. The van der Waals surface area contributed by atoms with Crippen LogP contribution in [0, 0.1) is 6.92 Å². The van der Waals surface area contributed by atoms with Gasteiger partial charge in [0.25, 0.3) is 0 Å². The molecule has 3 aromatic rings. The standard InChI is InChI=1S/C23H24N4O2/c1-17-16-24-23(25-17)27-22(29)15-20(14-19-10-6-3-7-11-19)26-21(28)13-12-18-8-4-2-5-9-18/h2-13,16,20H,14-15H2,1H3,(H,26,28)(H2,24,25,27,29)/b13-12+/t20-/m0/s1. The number of rotatable bonds is 8. The van der Waals surface area contributed by atoms with Gasteiger partial charge >= 0.3 is 0 Å². The van der Waals surface area contributed by atoms with Crippen LogP contribution < -0.4 is 10.6 Å². The Bertz CT molecular complexity index is 965. The average molecular weight is 388 g/mol. The second-order valence-corrected chi connectivity index (χ2v) is 6.81. The van der Waals surface area contributed by atoms with Gasteiger partial charge in [-0.25, -0.2) is 4.98 Å². The molecule has 0 aliphatic carbocycles. The molecule has 1 heterocycles. The number of amides is 2. The lowest BCUT2D eigenvalue weighted by atomic mass is 10.0. The highest BCUT2D eigenvalue weighted by molar-refractivity contribution is 5.93. The number of aryl methyl sites for hydroxylation is 1. The number of nitrogens with one attached hydrogen (secondary N) is 3. The summed E-state index contributed by atoms with van der Waals surface area (Å²) in [6, 6.07) is 19.0. The van der Waals surface area contributed by atoms with E-state index in [-0.39, 0.29) is 24.3 Å². The molecule has 2 amide bonds. The van der Waals surface area contributed by atoms with Crippen LogP contribution in [0.5, 0.6) is 0 Å². The van der Waals surface area contributed by atoms with Gasteiger partial charge in [0.2, 0.25) is 17.8 Å². The summed E-state index contributed by atoms with van der Waals surface area (Å²) in [6.45, 7) is 1.86. The second kappa shape index (κ2) is 10.0. The third kappa shape index (κ3) is 6.77. The number of carbonyl (C=O) groups excluding carboxylic acids is 2. The molecule has 0 aliphatic rings. The highest BCUT2D eigenvalue weighted by Crippen LogP contribution is 2.09. The van der Waals surface area contributed by atoms with E-state index in [1.807, 2.05) is 67.6 Å². The van der Waals surface area contributed by atoms with Gasteiger partial charge in [0, 0.05) is 30.4 Å². The highest BCUT2D eigenvalue weighted by atomic mass is 16.2. The Hall–Kier alpha value is -3.67. The summed E-state index contributed by atoms with van der Waals surface area (Å²) in [4.78, 5) is 31.9. The molecule has 0 aliphatic heterocycles. The van der Waals surface area contributed by atoms with Gasteiger partial charge in [0.1, 0.15) is 0 Å². The largest absolute Gasteiger partial charge is 0.349 e. The van der Waals surface area contributed by atoms with Crippen molar-refractivity contribution in [1.82, 2.24) is 15.3 Å². The fraction of sp³-hybridized carbons (Fsp3) is 0.174. The van der Waals surface area contributed by atoms with E-state index in [4.69, 9.17) is 0 Å². The van der Waals surface area contributed by atoms with E-state index in [1.165, 1.54) is 6.08 Å². The smallest absolute Gasteiger partial charge is 0.244 e. The lowest BCUT2D eigenvalue weighted by molar-refractivity contribution is -0.118. The summed E-state index contributed by atoms with van der Waals surface area (Å²) >= 11 is 0. The van der Waals surface area contributed by atoms with Crippen molar-refractivity contribution in [3.05, 3.63) is 89.8 Å². The molecule has 0 spiro atoms. The molecule has 3 N–H and O–H groups in total. The van der Waals surface area contributed by atoms with E-state index < -0.39 is 0 Å². The first-order valence-corrected chi connectivity index (χ1v) is 9.47. The number of aromatic amines is 1. The number of nitrogens with zero attached hydrogens (tertiary/aromatic N) is 1. The van der Waals surface area contributed by atoms with Crippen LogP contribution in [0.1, 0.15) is 23.2 Å². The average Bonchev–Trinajstić information content (AvgIpc) is 3.12. The Labute approximate surface area is 170 Å². The topological polar surface area (TPSA) is 86.9 Å². The van der Waals surface area contributed by atoms with Crippen molar-refractivity contribution in [3.8, 4) is 0 Å². The molecule has 2 aromatic carbocycles. The van der Waals surface area contributed by atoms with Crippen LogP contribution in [-0.4, -0.2) is 27.8 Å². The predicted molar refractivity (Wildman–Crippen MR) is 114 cm³/mol. The fourth-order valence-corrected chi connectivity index (χ4v) is 2.94. The van der Waals surface area contributed by atoms with Crippen LogP contribution in [0.3, 0.4) is 0 Å². The SMILES string of the molecule is Cc1cnc(NC(=O)C[C@H](Cc2ccccc2)NC(=O)/C=C/c2ccccc2)[nH]1. The molecular formula is C23H24N4O2. The first-order valence-electron chi connectivity index (χ1n) is 9.47. The number of aromatic nitrogens is 2. The van der Waals surface area contributed by atoms with Crippen molar-refractivity contribution >= 4 is 23.8 Å². The van der Waals surface area contributed by atoms with Crippen LogP contribution in [0.2, 0.25) is 0 Å². The summed E-state index contributed by atoms with van der Waals surface area (Å²) in [6.07, 6.45) is 5.57. The first kappa shape index (κ1) is 20.1. The molecule has 0 fully saturated rings. The molecule has 0 radical (unpaired) electrons. The summed E-state index contributed by atoms with van der Waals surface area (Å²) in [5.74, 6) is -0.0506. The first-order chi connectivity index (χ1) is 14.1. The molecule has 0 saturated heterocycles. The molecule has 0 bridgehead atoms. The zero-order valence-corrected chi connectivity index (χ0v) is 16.3. The minimum atomic E-state index is -0.346. The summed E-state index contributed by atoms with van der Waals surface area (Å²) in [5, 5.41) is 5.68. The van der Waals surface area contributed by atoms with Crippen LogP contribution >= 0.6 is 0 Å². The van der Waals surface area contributed by atoms with Gasteiger partial charge in [-0.1, -0.05) is 60.7 Å².